The first kappa shape index (κ1) is 19.9. The van der Waals surface area contributed by atoms with Crippen molar-refractivity contribution in [2.75, 3.05) is 20.7 Å². The van der Waals surface area contributed by atoms with Gasteiger partial charge >= 0.3 is 0 Å². The second-order valence-corrected chi connectivity index (χ2v) is 8.11. The molecule has 7 nitrogen and oxygen atoms in total. The first-order valence-corrected chi connectivity index (χ1v) is 10.4. The van der Waals surface area contributed by atoms with Gasteiger partial charge in [0.2, 0.25) is 10.0 Å². The number of hydrogen-bond acceptors (Lipinski definition) is 4. The number of hydrogen-bond donors (Lipinski definition) is 2. The van der Waals surface area contributed by atoms with Crippen molar-refractivity contribution in [3.05, 3.63) is 60.3 Å². The Morgan fingerprint density at radius 2 is 1.93 bits per heavy atom. The number of para-hydroxylation sites is 1. The number of benzene rings is 2. The number of aromatic nitrogens is 1. The number of nitrogens with zero attached hydrogens (tertiary/aromatic N) is 1. The summed E-state index contributed by atoms with van der Waals surface area (Å²) in [4.78, 5) is 12.3. The number of carbonyl (C=O) groups is 1. The number of rotatable bonds is 8. The van der Waals surface area contributed by atoms with E-state index in [9.17, 15) is 13.2 Å². The van der Waals surface area contributed by atoms with E-state index in [-0.39, 0.29) is 22.1 Å². The zero-order valence-electron chi connectivity index (χ0n) is 15.8. The molecular formula is C20H23N3O4S. The summed E-state index contributed by atoms with van der Waals surface area (Å²) >= 11 is 0. The maximum atomic E-state index is 12.4. The van der Waals surface area contributed by atoms with Gasteiger partial charge in [0, 0.05) is 30.4 Å². The Hall–Kier alpha value is -2.84. The van der Waals surface area contributed by atoms with E-state index in [0.29, 0.717) is 6.54 Å². The van der Waals surface area contributed by atoms with Gasteiger partial charge in [0.1, 0.15) is 10.6 Å². The van der Waals surface area contributed by atoms with Crippen LogP contribution >= 0.6 is 0 Å². The van der Waals surface area contributed by atoms with Crippen LogP contribution in [0.4, 0.5) is 0 Å². The summed E-state index contributed by atoms with van der Waals surface area (Å²) in [6, 6.07) is 14.5. The molecule has 8 heteroatoms. The lowest BCUT2D eigenvalue weighted by molar-refractivity contribution is 0.0952. The Labute approximate surface area is 164 Å². The van der Waals surface area contributed by atoms with E-state index in [1.807, 2.05) is 18.3 Å². The van der Waals surface area contributed by atoms with Crippen LogP contribution in [0.15, 0.2) is 59.6 Å². The fourth-order valence-corrected chi connectivity index (χ4v) is 3.95. The molecule has 1 amide bonds. The molecule has 0 aliphatic carbocycles. The van der Waals surface area contributed by atoms with Crippen molar-refractivity contribution in [1.82, 2.24) is 14.6 Å². The van der Waals surface area contributed by atoms with Crippen LogP contribution in [0.25, 0.3) is 10.9 Å². The maximum Gasteiger partial charge on any atom is 0.251 e. The second-order valence-electron chi connectivity index (χ2n) is 6.25. The summed E-state index contributed by atoms with van der Waals surface area (Å²) in [5.74, 6) is -0.141. The molecule has 0 saturated heterocycles. The molecule has 2 N–H and O–H groups in total. The van der Waals surface area contributed by atoms with E-state index in [0.717, 1.165) is 18.5 Å². The molecule has 0 radical (unpaired) electrons. The normalized spacial score (nSPS) is 11.5. The van der Waals surface area contributed by atoms with Gasteiger partial charge in [0.25, 0.3) is 5.91 Å². The van der Waals surface area contributed by atoms with Crippen LogP contribution in [0.2, 0.25) is 0 Å². The van der Waals surface area contributed by atoms with Crippen molar-refractivity contribution < 1.29 is 17.9 Å². The van der Waals surface area contributed by atoms with E-state index in [1.165, 1.54) is 31.7 Å². The predicted octanol–water partition coefficient (Wildman–Crippen LogP) is 2.38. The molecule has 1 heterocycles. The molecular weight excluding hydrogens is 378 g/mol. The number of methoxy groups -OCH3 is 1. The van der Waals surface area contributed by atoms with Crippen LogP contribution in [0.5, 0.6) is 5.75 Å². The fourth-order valence-electron chi connectivity index (χ4n) is 3.03. The smallest absolute Gasteiger partial charge is 0.251 e. The summed E-state index contributed by atoms with van der Waals surface area (Å²) in [6.07, 6.45) is 2.78. The summed E-state index contributed by atoms with van der Waals surface area (Å²) in [5.41, 5.74) is 1.42. The Bertz CT molecular complexity index is 1090. The minimum absolute atomic E-state index is 0.0658. The third-order valence-electron chi connectivity index (χ3n) is 4.53. The monoisotopic (exact) mass is 401 g/mol. The summed E-state index contributed by atoms with van der Waals surface area (Å²) in [6.45, 7) is 1.25. The molecule has 0 fully saturated rings. The molecule has 0 spiro atoms. The summed E-state index contributed by atoms with van der Waals surface area (Å²) < 4.78 is 33.7. The lowest BCUT2D eigenvalue weighted by Crippen LogP contribution is -2.26. The Kier molecular flexibility index (Phi) is 6.01. The highest BCUT2D eigenvalue weighted by atomic mass is 32.2. The molecule has 0 bridgehead atoms. The van der Waals surface area contributed by atoms with Crippen molar-refractivity contribution >= 4 is 26.8 Å². The third-order valence-corrected chi connectivity index (χ3v) is 5.96. The van der Waals surface area contributed by atoms with Gasteiger partial charge in [-0.25, -0.2) is 13.1 Å². The van der Waals surface area contributed by atoms with Crippen LogP contribution in [-0.2, 0) is 16.6 Å². The molecule has 0 aliphatic rings. The Morgan fingerprint density at radius 3 is 2.68 bits per heavy atom. The molecule has 3 aromatic rings. The lowest BCUT2D eigenvalue weighted by Gasteiger charge is -2.11. The van der Waals surface area contributed by atoms with Gasteiger partial charge in [-0.05, 0) is 49.2 Å². The first-order valence-electron chi connectivity index (χ1n) is 8.90. The van der Waals surface area contributed by atoms with Gasteiger partial charge in [-0.2, -0.15) is 0 Å². The highest BCUT2D eigenvalue weighted by Gasteiger charge is 2.20. The molecule has 0 atom stereocenters. The quantitative estimate of drug-likeness (QED) is 0.567. The minimum Gasteiger partial charge on any atom is -0.495 e. The average Bonchev–Trinajstić information content (AvgIpc) is 3.13. The number of aryl methyl sites for hydroxylation is 1. The maximum absolute atomic E-state index is 12.4. The van der Waals surface area contributed by atoms with E-state index in [1.54, 1.807) is 6.07 Å². The standard InChI is InChI=1S/C20H23N3O4S/c1-21-28(25,26)19-14-16(8-9-18(19)27-2)20(24)22-11-5-12-23-13-10-15-6-3-4-7-17(15)23/h3-4,6-10,13-14,21H,5,11-12H2,1-2H3,(H,22,24). The number of carbonyl (C=O) groups excluding carboxylic acids is 1. The van der Waals surface area contributed by atoms with Gasteiger partial charge in [-0.15, -0.1) is 0 Å². The number of amides is 1. The molecule has 28 heavy (non-hydrogen) atoms. The number of ether oxygens (including phenoxy) is 1. The van der Waals surface area contributed by atoms with Crippen LogP contribution in [0.1, 0.15) is 16.8 Å². The van der Waals surface area contributed by atoms with Crippen molar-refractivity contribution in [3.63, 3.8) is 0 Å². The van der Waals surface area contributed by atoms with Gasteiger partial charge in [-0.3, -0.25) is 4.79 Å². The number of nitrogens with one attached hydrogen (secondary N) is 2. The molecule has 148 valence electrons. The van der Waals surface area contributed by atoms with E-state index in [4.69, 9.17) is 4.74 Å². The van der Waals surface area contributed by atoms with E-state index in [2.05, 4.69) is 32.8 Å². The zero-order chi connectivity index (χ0) is 20.1. The van der Waals surface area contributed by atoms with E-state index >= 15 is 0 Å². The first-order chi connectivity index (χ1) is 13.5. The lowest BCUT2D eigenvalue weighted by atomic mass is 10.2. The fraction of sp³-hybridized carbons (Fsp3) is 0.250. The van der Waals surface area contributed by atoms with Crippen LogP contribution < -0.4 is 14.8 Å². The molecule has 0 aliphatic heterocycles. The Balaban J connectivity index is 1.63. The largest absolute Gasteiger partial charge is 0.495 e. The van der Waals surface area contributed by atoms with Crippen molar-refractivity contribution in [2.24, 2.45) is 0 Å². The van der Waals surface area contributed by atoms with Gasteiger partial charge in [-0.1, -0.05) is 18.2 Å². The van der Waals surface area contributed by atoms with Crippen LogP contribution in [0, 0.1) is 0 Å². The molecule has 0 saturated carbocycles. The summed E-state index contributed by atoms with van der Waals surface area (Å²) in [5, 5.41) is 4.02. The van der Waals surface area contributed by atoms with Crippen LogP contribution in [-0.4, -0.2) is 39.6 Å². The average molecular weight is 401 g/mol. The zero-order valence-corrected chi connectivity index (χ0v) is 16.6. The second kappa shape index (κ2) is 8.45. The van der Waals surface area contributed by atoms with E-state index < -0.39 is 10.0 Å². The number of sulfonamides is 1. The number of fused-ring (bicyclic) bond motifs is 1. The van der Waals surface area contributed by atoms with Crippen molar-refractivity contribution in [2.45, 2.75) is 17.9 Å². The highest BCUT2D eigenvalue weighted by Crippen LogP contribution is 2.24. The third kappa shape index (κ3) is 4.18. The van der Waals surface area contributed by atoms with Gasteiger partial charge in [0.05, 0.1) is 7.11 Å². The van der Waals surface area contributed by atoms with Gasteiger partial charge in [0.15, 0.2) is 0 Å². The molecule has 0 unspecified atom stereocenters. The van der Waals surface area contributed by atoms with Crippen molar-refractivity contribution in [1.29, 1.82) is 0 Å². The molecule has 2 aromatic carbocycles. The van der Waals surface area contributed by atoms with Crippen molar-refractivity contribution in [3.8, 4) is 5.75 Å². The molecule has 1 aromatic heterocycles. The summed E-state index contributed by atoms with van der Waals surface area (Å²) in [7, 11) is -1.04. The minimum atomic E-state index is -3.73. The predicted molar refractivity (Wildman–Crippen MR) is 108 cm³/mol. The van der Waals surface area contributed by atoms with Gasteiger partial charge < -0.3 is 14.6 Å². The SMILES string of the molecule is CNS(=O)(=O)c1cc(C(=O)NCCCn2ccc3ccccc32)ccc1OC. The topological polar surface area (TPSA) is 89.4 Å². The highest BCUT2D eigenvalue weighted by molar-refractivity contribution is 7.89. The molecule has 3 rings (SSSR count). The Morgan fingerprint density at radius 1 is 1.14 bits per heavy atom. The van der Waals surface area contributed by atoms with Crippen LogP contribution in [0.3, 0.4) is 0 Å².